The van der Waals surface area contributed by atoms with Crippen molar-refractivity contribution in [3.63, 3.8) is 0 Å². The van der Waals surface area contributed by atoms with Gasteiger partial charge in [-0.25, -0.2) is 0 Å². The van der Waals surface area contributed by atoms with E-state index in [2.05, 4.69) is 0 Å². The fourth-order valence-electron chi connectivity index (χ4n) is 0.404. The molecule has 0 saturated carbocycles. The lowest BCUT2D eigenvalue weighted by Crippen LogP contribution is -1.77. The van der Waals surface area contributed by atoms with Crippen LogP contribution in [0.5, 0.6) is 0 Å². The molecule has 0 fully saturated rings. The summed E-state index contributed by atoms with van der Waals surface area (Å²) in [6, 6.07) is 0. The van der Waals surface area contributed by atoms with Gasteiger partial charge in [0.1, 0.15) is 0 Å². The molecule has 1 aliphatic rings. The molecule has 1 heterocycles. The van der Waals surface area contributed by atoms with E-state index in [0.29, 0.717) is 0 Å². The van der Waals surface area contributed by atoms with Gasteiger partial charge in [-0.3, -0.25) is 0 Å². The number of alkyl halides is 1. The summed E-state index contributed by atoms with van der Waals surface area (Å²) in [5.74, 6) is 0. The zero-order valence-electron chi connectivity index (χ0n) is 3.53. The lowest BCUT2D eigenvalue weighted by Gasteiger charge is -1.90. The molecule has 0 spiro atoms. The van der Waals surface area contributed by atoms with Crippen LogP contribution in [0.15, 0.2) is 10.4 Å². The standard InChI is InChI=1S/C4H4Cl2S/c5-3-1-2-4(6)7-3/h1,4H,2H2. The maximum atomic E-state index is 5.63. The van der Waals surface area contributed by atoms with Crippen molar-refractivity contribution in [3.05, 3.63) is 10.4 Å². The molecule has 40 valence electrons. The zero-order chi connectivity index (χ0) is 5.28. The molecule has 0 nitrogen and oxygen atoms in total. The van der Waals surface area contributed by atoms with Gasteiger partial charge in [0.2, 0.25) is 0 Å². The molecular weight excluding hydrogens is 151 g/mol. The fraction of sp³-hybridized carbons (Fsp3) is 0.500. The highest BCUT2D eigenvalue weighted by Gasteiger charge is 2.11. The van der Waals surface area contributed by atoms with E-state index in [1.54, 1.807) is 0 Å². The minimum atomic E-state index is 0.187. The maximum Gasteiger partial charge on any atom is 0.0879 e. The van der Waals surface area contributed by atoms with Crippen LogP contribution in [0, 0.1) is 0 Å². The van der Waals surface area contributed by atoms with Gasteiger partial charge in [-0.05, 0) is 6.42 Å². The Labute approximate surface area is 56.9 Å². The summed E-state index contributed by atoms with van der Waals surface area (Å²) >= 11 is 12.7. The summed E-state index contributed by atoms with van der Waals surface area (Å²) in [6.07, 6.45) is 2.84. The first-order valence-electron chi connectivity index (χ1n) is 1.95. The number of hydrogen-bond acceptors (Lipinski definition) is 1. The van der Waals surface area contributed by atoms with Gasteiger partial charge in [-0.1, -0.05) is 29.4 Å². The van der Waals surface area contributed by atoms with Crippen LogP contribution in [0.1, 0.15) is 6.42 Å². The van der Waals surface area contributed by atoms with Crippen molar-refractivity contribution in [2.24, 2.45) is 0 Å². The average Bonchev–Trinajstić information content (AvgIpc) is 1.87. The Morgan fingerprint density at radius 2 is 2.57 bits per heavy atom. The highest BCUT2D eigenvalue weighted by Crippen LogP contribution is 2.36. The van der Waals surface area contributed by atoms with Crippen LogP contribution in [0.3, 0.4) is 0 Å². The Balaban J connectivity index is 2.42. The molecule has 7 heavy (non-hydrogen) atoms. The van der Waals surface area contributed by atoms with Gasteiger partial charge in [-0.2, -0.15) is 0 Å². The zero-order valence-corrected chi connectivity index (χ0v) is 5.85. The molecule has 0 aromatic rings. The van der Waals surface area contributed by atoms with E-state index in [0.717, 1.165) is 10.8 Å². The summed E-state index contributed by atoms with van der Waals surface area (Å²) in [5, 5.41) is 0. The molecule has 0 aliphatic carbocycles. The molecule has 1 aliphatic heterocycles. The largest absolute Gasteiger partial charge is 0.110 e. The molecule has 0 amide bonds. The lowest BCUT2D eigenvalue weighted by molar-refractivity contribution is 1.20. The molecule has 1 atom stereocenters. The van der Waals surface area contributed by atoms with Crippen LogP contribution < -0.4 is 0 Å². The van der Waals surface area contributed by atoms with Crippen LogP contribution >= 0.6 is 35.0 Å². The molecular formula is C4H4Cl2S. The Hall–Kier alpha value is 0.670. The molecule has 1 rings (SSSR count). The van der Waals surface area contributed by atoms with E-state index >= 15 is 0 Å². The summed E-state index contributed by atoms with van der Waals surface area (Å²) < 4.78 is 1.02. The lowest BCUT2D eigenvalue weighted by atomic mass is 10.5. The van der Waals surface area contributed by atoms with Crippen LogP contribution in [-0.4, -0.2) is 4.71 Å². The number of hydrogen-bond donors (Lipinski definition) is 0. The smallest absolute Gasteiger partial charge is 0.0879 e. The van der Waals surface area contributed by atoms with Crippen LogP contribution in [-0.2, 0) is 0 Å². The summed E-state index contributed by atoms with van der Waals surface area (Å²) in [4.78, 5) is 0. The van der Waals surface area contributed by atoms with Gasteiger partial charge >= 0.3 is 0 Å². The van der Waals surface area contributed by atoms with Gasteiger partial charge < -0.3 is 0 Å². The molecule has 0 bridgehead atoms. The Morgan fingerprint density at radius 3 is 2.71 bits per heavy atom. The monoisotopic (exact) mass is 154 g/mol. The van der Waals surface area contributed by atoms with Gasteiger partial charge in [0.05, 0.1) is 9.07 Å². The number of allylic oxidation sites excluding steroid dienone is 1. The second kappa shape index (κ2) is 2.29. The summed E-state index contributed by atoms with van der Waals surface area (Å²) in [6.45, 7) is 0. The highest BCUT2D eigenvalue weighted by molar-refractivity contribution is 8.06. The van der Waals surface area contributed by atoms with Crippen LogP contribution in [0.25, 0.3) is 0 Å². The van der Waals surface area contributed by atoms with Crippen molar-refractivity contribution in [2.45, 2.75) is 11.1 Å². The molecule has 1 unspecified atom stereocenters. The predicted octanol–water partition coefficient (Wildman–Crippen LogP) is 2.77. The quantitative estimate of drug-likeness (QED) is 0.484. The fourth-order valence-corrected chi connectivity index (χ4v) is 1.96. The topological polar surface area (TPSA) is 0 Å². The van der Waals surface area contributed by atoms with Crippen LogP contribution in [0.2, 0.25) is 0 Å². The highest BCUT2D eigenvalue weighted by atomic mass is 35.5. The Bertz CT molecular complexity index is 99.9. The second-order valence-corrected chi connectivity index (χ2v) is 3.93. The third-order valence-corrected chi connectivity index (χ3v) is 2.41. The first-order chi connectivity index (χ1) is 3.29. The average molecular weight is 155 g/mol. The summed E-state index contributed by atoms with van der Waals surface area (Å²) in [7, 11) is 0. The van der Waals surface area contributed by atoms with E-state index in [4.69, 9.17) is 23.2 Å². The van der Waals surface area contributed by atoms with Gasteiger partial charge in [0, 0.05) is 0 Å². The minimum absolute atomic E-state index is 0.187. The molecule has 0 aromatic carbocycles. The third kappa shape index (κ3) is 1.56. The van der Waals surface area contributed by atoms with E-state index in [1.807, 2.05) is 6.08 Å². The normalized spacial score (nSPS) is 30.6. The van der Waals surface area contributed by atoms with Gasteiger partial charge in [-0.15, -0.1) is 11.6 Å². The molecule has 0 saturated heterocycles. The minimum Gasteiger partial charge on any atom is -0.110 e. The SMILES string of the molecule is ClC1=CCC(Cl)S1. The van der Waals surface area contributed by atoms with Crippen molar-refractivity contribution < 1.29 is 0 Å². The Kier molecular flexibility index (Phi) is 1.90. The van der Waals surface area contributed by atoms with Crippen molar-refractivity contribution >= 4 is 35.0 Å². The second-order valence-electron chi connectivity index (χ2n) is 1.27. The first-order valence-corrected chi connectivity index (χ1v) is 3.65. The van der Waals surface area contributed by atoms with Crippen molar-refractivity contribution in [1.82, 2.24) is 0 Å². The van der Waals surface area contributed by atoms with Gasteiger partial charge in [0.15, 0.2) is 0 Å². The van der Waals surface area contributed by atoms with Gasteiger partial charge in [0.25, 0.3) is 0 Å². The van der Waals surface area contributed by atoms with Crippen molar-refractivity contribution in [2.75, 3.05) is 0 Å². The number of rotatable bonds is 0. The van der Waals surface area contributed by atoms with E-state index < -0.39 is 0 Å². The molecule has 0 N–H and O–H groups in total. The van der Waals surface area contributed by atoms with Crippen molar-refractivity contribution in [3.8, 4) is 0 Å². The number of thioether (sulfide) groups is 1. The van der Waals surface area contributed by atoms with E-state index in [9.17, 15) is 0 Å². The summed E-state index contributed by atoms with van der Waals surface area (Å²) in [5.41, 5.74) is 0. The van der Waals surface area contributed by atoms with Crippen LogP contribution in [0.4, 0.5) is 0 Å². The van der Waals surface area contributed by atoms with Crippen molar-refractivity contribution in [1.29, 1.82) is 0 Å². The first kappa shape index (κ1) is 5.80. The Morgan fingerprint density at radius 1 is 1.86 bits per heavy atom. The maximum absolute atomic E-state index is 5.63. The predicted molar refractivity (Wildman–Crippen MR) is 35.8 cm³/mol. The van der Waals surface area contributed by atoms with E-state index in [1.165, 1.54) is 11.8 Å². The molecule has 3 heteroatoms. The molecule has 0 aromatic heterocycles. The number of halogens is 2. The third-order valence-electron chi connectivity index (χ3n) is 0.704. The van der Waals surface area contributed by atoms with E-state index in [-0.39, 0.29) is 4.71 Å². The molecule has 0 radical (unpaired) electrons.